The third-order valence-corrected chi connectivity index (χ3v) is 4.59. The predicted octanol–water partition coefficient (Wildman–Crippen LogP) is 3.91. The number of carbonyl (C=O) groups excluding carboxylic acids is 1. The van der Waals surface area contributed by atoms with Gasteiger partial charge < -0.3 is 10.2 Å². The van der Waals surface area contributed by atoms with Crippen LogP contribution in [0.25, 0.3) is 0 Å². The van der Waals surface area contributed by atoms with Gasteiger partial charge in [0.1, 0.15) is 0 Å². The van der Waals surface area contributed by atoms with E-state index in [9.17, 15) is 4.79 Å². The number of rotatable bonds is 5. The molecule has 0 bridgehead atoms. The highest BCUT2D eigenvalue weighted by Crippen LogP contribution is 2.26. The van der Waals surface area contributed by atoms with Gasteiger partial charge in [0, 0.05) is 26.1 Å². The van der Waals surface area contributed by atoms with Crippen LogP contribution in [0.5, 0.6) is 0 Å². The quantitative estimate of drug-likeness (QED) is 0.872. The summed E-state index contributed by atoms with van der Waals surface area (Å²) in [6.45, 7) is 1.57. The third-order valence-electron chi connectivity index (χ3n) is 3.73. The molecule has 2 rings (SSSR count). The summed E-state index contributed by atoms with van der Waals surface area (Å²) in [6.07, 6.45) is 3.88. The molecule has 1 fully saturated rings. The van der Waals surface area contributed by atoms with Gasteiger partial charge in [-0.3, -0.25) is 4.79 Å². The number of benzene rings is 1. The Hall–Kier alpha value is -0.480. The van der Waals surface area contributed by atoms with Crippen molar-refractivity contribution in [1.29, 1.82) is 0 Å². The Balaban J connectivity index is 0.00000220. The van der Waals surface area contributed by atoms with Crippen LogP contribution in [0.15, 0.2) is 18.2 Å². The average molecular weight is 352 g/mol. The molecule has 1 aliphatic heterocycles. The Morgan fingerprint density at radius 1 is 1.43 bits per heavy atom. The third kappa shape index (κ3) is 5.33. The molecule has 1 N–H and O–H groups in total. The molecule has 0 aliphatic carbocycles. The Morgan fingerprint density at radius 3 is 2.86 bits per heavy atom. The molecule has 1 unspecified atom stereocenters. The number of halogens is 3. The Morgan fingerprint density at radius 2 is 2.19 bits per heavy atom. The van der Waals surface area contributed by atoms with Crippen LogP contribution < -0.4 is 5.32 Å². The van der Waals surface area contributed by atoms with E-state index in [1.165, 1.54) is 12.8 Å². The lowest BCUT2D eigenvalue weighted by Crippen LogP contribution is -2.29. The maximum absolute atomic E-state index is 12.1. The van der Waals surface area contributed by atoms with Gasteiger partial charge in [-0.15, -0.1) is 12.4 Å². The molecule has 0 aromatic heterocycles. The molecular formula is C15H21Cl3N2O. The minimum absolute atomic E-state index is 0. The summed E-state index contributed by atoms with van der Waals surface area (Å²) in [7, 11) is 1.81. The molecule has 1 atom stereocenters. The van der Waals surface area contributed by atoms with Gasteiger partial charge >= 0.3 is 0 Å². The van der Waals surface area contributed by atoms with E-state index in [1.54, 1.807) is 11.0 Å². The zero-order valence-electron chi connectivity index (χ0n) is 12.1. The highest BCUT2D eigenvalue weighted by molar-refractivity contribution is 6.42. The SMILES string of the molecule is CN(Cc1cccc(Cl)c1Cl)C(=O)CCC1CCCN1.Cl. The average Bonchev–Trinajstić information content (AvgIpc) is 2.94. The van der Waals surface area contributed by atoms with Crippen LogP contribution in [0.4, 0.5) is 0 Å². The van der Waals surface area contributed by atoms with E-state index in [-0.39, 0.29) is 18.3 Å². The maximum Gasteiger partial charge on any atom is 0.222 e. The second-order valence-corrected chi connectivity index (χ2v) is 6.08. The first kappa shape index (κ1) is 18.6. The maximum atomic E-state index is 12.1. The van der Waals surface area contributed by atoms with Gasteiger partial charge in [-0.05, 0) is 37.4 Å². The molecule has 1 heterocycles. The van der Waals surface area contributed by atoms with Gasteiger partial charge in [0.2, 0.25) is 5.91 Å². The minimum Gasteiger partial charge on any atom is -0.341 e. The smallest absolute Gasteiger partial charge is 0.222 e. The number of hydrogen-bond acceptors (Lipinski definition) is 2. The molecule has 0 spiro atoms. The molecule has 118 valence electrons. The summed E-state index contributed by atoms with van der Waals surface area (Å²) < 4.78 is 0. The fraction of sp³-hybridized carbons (Fsp3) is 0.533. The first-order valence-corrected chi connectivity index (χ1v) is 7.73. The van der Waals surface area contributed by atoms with Crippen molar-refractivity contribution in [1.82, 2.24) is 10.2 Å². The molecule has 1 aromatic carbocycles. The van der Waals surface area contributed by atoms with Gasteiger partial charge in [-0.1, -0.05) is 35.3 Å². The van der Waals surface area contributed by atoms with Gasteiger partial charge in [0.05, 0.1) is 10.0 Å². The van der Waals surface area contributed by atoms with Crippen LogP contribution in [0.3, 0.4) is 0 Å². The minimum atomic E-state index is 0. The van der Waals surface area contributed by atoms with E-state index in [0.717, 1.165) is 18.5 Å². The van der Waals surface area contributed by atoms with E-state index in [0.29, 0.717) is 29.1 Å². The molecule has 1 aliphatic rings. The van der Waals surface area contributed by atoms with E-state index in [4.69, 9.17) is 23.2 Å². The molecule has 1 saturated heterocycles. The van der Waals surface area contributed by atoms with Gasteiger partial charge in [-0.2, -0.15) is 0 Å². The number of carbonyl (C=O) groups is 1. The van der Waals surface area contributed by atoms with Crippen LogP contribution >= 0.6 is 35.6 Å². The molecule has 0 saturated carbocycles. The van der Waals surface area contributed by atoms with Gasteiger partial charge in [0.25, 0.3) is 0 Å². The van der Waals surface area contributed by atoms with Crippen molar-refractivity contribution in [2.75, 3.05) is 13.6 Å². The lowest BCUT2D eigenvalue weighted by atomic mass is 10.1. The van der Waals surface area contributed by atoms with Gasteiger partial charge in [0.15, 0.2) is 0 Å². The Labute approximate surface area is 142 Å². The summed E-state index contributed by atoms with van der Waals surface area (Å²) in [5, 5.41) is 4.47. The Bertz CT molecular complexity index is 476. The molecule has 21 heavy (non-hydrogen) atoms. The first-order valence-electron chi connectivity index (χ1n) is 6.98. The van der Waals surface area contributed by atoms with Crippen LogP contribution in [0.2, 0.25) is 10.0 Å². The molecule has 6 heteroatoms. The van der Waals surface area contributed by atoms with E-state index < -0.39 is 0 Å². The van der Waals surface area contributed by atoms with E-state index in [2.05, 4.69) is 5.32 Å². The second-order valence-electron chi connectivity index (χ2n) is 5.29. The molecule has 0 radical (unpaired) electrons. The summed E-state index contributed by atoms with van der Waals surface area (Å²) in [5.74, 6) is 0.148. The number of hydrogen-bond donors (Lipinski definition) is 1. The summed E-state index contributed by atoms with van der Waals surface area (Å²) >= 11 is 12.1. The highest BCUT2D eigenvalue weighted by atomic mass is 35.5. The summed E-state index contributed by atoms with van der Waals surface area (Å²) in [5.41, 5.74) is 0.883. The largest absolute Gasteiger partial charge is 0.341 e. The van der Waals surface area contributed by atoms with Crippen molar-refractivity contribution in [3.8, 4) is 0 Å². The normalized spacial score (nSPS) is 17.4. The fourth-order valence-corrected chi connectivity index (χ4v) is 2.89. The van der Waals surface area contributed by atoms with Crippen molar-refractivity contribution < 1.29 is 4.79 Å². The van der Waals surface area contributed by atoms with E-state index in [1.807, 2.05) is 19.2 Å². The van der Waals surface area contributed by atoms with Crippen molar-refractivity contribution in [2.45, 2.75) is 38.3 Å². The van der Waals surface area contributed by atoms with Crippen LogP contribution in [0.1, 0.15) is 31.2 Å². The molecular weight excluding hydrogens is 331 g/mol. The number of amides is 1. The Kier molecular flexibility index (Phi) is 7.82. The summed E-state index contributed by atoms with van der Waals surface area (Å²) in [4.78, 5) is 13.8. The van der Waals surface area contributed by atoms with Crippen LogP contribution in [0, 0.1) is 0 Å². The van der Waals surface area contributed by atoms with Crippen molar-refractivity contribution in [3.05, 3.63) is 33.8 Å². The summed E-state index contributed by atoms with van der Waals surface area (Å²) in [6, 6.07) is 6.00. The highest BCUT2D eigenvalue weighted by Gasteiger charge is 2.17. The number of nitrogens with one attached hydrogen (secondary N) is 1. The molecule has 1 aromatic rings. The first-order chi connectivity index (χ1) is 9.58. The standard InChI is InChI=1S/C15H20Cl2N2O.ClH/c1-19(10-11-4-2-6-13(16)15(11)17)14(20)8-7-12-5-3-9-18-12;/h2,4,6,12,18H,3,5,7-10H2,1H3;1H. The lowest BCUT2D eigenvalue weighted by Gasteiger charge is -2.19. The molecule has 3 nitrogen and oxygen atoms in total. The second kappa shape index (κ2) is 8.84. The van der Waals surface area contributed by atoms with E-state index >= 15 is 0 Å². The monoisotopic (exact) mass is 350 g/mol. The molecule has 1 amide bonds. The fourth-order valence-electron chi connectivity index (χ4n) is 2.51. The van der Waals surface area contributed by atoms with Crippen molar-refractivity contribution in [2.24, 2.45) is 0 Å². The van der Waals surface area contributed by atoms with Crippen LogP contribution in [-0.4, -0.2) is 30.4 Å². The predicted molar refractivity (Wildman–Crippen MR) is 90.4 cm³/mol. The zero-order chi connectivity index (χ0) is 14.5. The number of nitrogens with zero attached hydrogens (tertiary/aromatic N) is 1. The van der Waals surface area contributed by atoms with Crippen LogP contribution in [-0.2, 0) is 11.3 Å². The topological polar surface area (TPSA) is 32.3 Å². The van der Waals surface area contributed by atoms with Crippen molar-refractivity contribution >= 4 is 41.5 Å². The zero-order valence-corrected chi connectivity index (χ0v) is 14.4. The lowest BCUT2D eigenvalue weighted by molar-refractivity contribution is -0.130. The van der Waals surface area contributed by atoms with Crippen molar-refractivity contribution in [3.63, 3.8) is 0 Å². The van der Waals surface area contributed by atoms with Gasteiger partial charge in [-0.25, -0.2) is 0 Å².